The van der Waals surface area contributed by atoms with Gasteiger partial charge in [-0.3, -0.25) is 20.9 Å². The van der Waals surface area contributed by atoms with Crippen LogP contribution in [0.25, 0.3) is 0 Å². The molecule has 0 aliphatic carbocycles. The topological polar surface area (TPSA) is 68.8 Å². The molecule has 0 amide bonds. The number of nitrogens with one attached hydrogen (secondary N) is 1. The molecular weight excluding hydrogens is 286 g/mol. The van der Waals surface area contributed by atoms with Crippen LogP contribution >= 0.6 is 11.6 Å². The first-order valence-corrected chi connectivity index (χ1v) is 7.45. The first-order chi connectivity index (χ1) is 9.97. The van der Waals surface area contributed by atoms with Crippen LogP contribution in [0.15, 0.2) is 12.3 Å². The Bertz CT molecular complexity index is 635. The second-order valence-corrected chi connectivity index (χ2v) is 5.70. The summed E-state index contributed by atoms with van der Waals surface area (Å²) in [5.41, 5.74) is 7.93. The van der Waals surface area contributed by atoms with Crippen molar-refractivity contribution in [1.29, 1.82) is 0 Å². The van der Waals surface area contributed by atoms with Gasteiger partial charge in [0.25, 0.3) is 0 Å². The average molecular weight is 308 g/mol. The van der Waals surface area contributed by atoms with Gasteiger partial charge in [0.2, 0.25) is 0 Å². The third-order valence-corrected chi connectivity index (χ3v) is 4.12. The van der Waals surface area contributed by atoms with Crippen LogP contribution in [-0.2, 0) is 19.9 Å². The number of rotatable bonds is 5. The number of pyridine rings is 1. The number of aryl methyl sites for hydroxylation is 4. The van der Waals surface area contributed by atoms with Crippen LogP contribution < -0.4 is 11.3 Å². The minimum absolute atomic E-state index is 0.0943. The van der Waals surface area contributed by atoms with Crippen molar-refractivity contribution in [1.82, 2.24) is 20.2 Å². The maximum absolute atomic E-state index is 6.41. The van der Waals surface area contributed by atoms with Crippen LogP contribution in [0.1, 0.15) is 41.2 Å². The Balaban J connectivity index is 2.33. The van der Waals surface area contributed by atoms with Gasteiger partial charge in [0.15, 0.2) is 0 Å². The van der Waals surface area contributed by atoms with Gasteiger partial charge in [-0.05, 0) is 31.4 Å². The standard InChI is InChI=1S/C15H22ClN5/c1-5-11-14(16)13(21(4)20-11)7-12(19-17)15-10(3)6-9(2)8-18-15/h6,8,12,19H,5,7,17H2,1-4H3. The lowest BCUT2D eigenvalue weighted by Crippen LogP contribution is -2.31. The van der Waals surface area contributed by atoms with Crippen LogP contribution in [0.3, 0.4) is 0 Å². The summed E-state index contributed by atoms with van der Waals surface area (Å²) in [5.74, 6) is 5.74. The quantitative estimate of drug-likeness (QED) is 0.657. The van der Waals surface area contributed by atoms with Crippen molar-refractivity contribution in [2.45, 2.75) is 39.7 Å². The largest absolute Gasteiger partial charge is 0.271 e. The van der Waals surface area contributed by atoms with Crippen molar-refractivity contribution < 1.29 is 0 Å². The Hall–Kier alpha value is -1.43. The van der Waals surface area contributed by atoms with E-state index in [4.69, 9.17) is 17.4 Å². The normalized spacial score (nSPS) is 12.7. The van der Waals surface area contributed by atoms with Gasteiger partial charge in [-0.15, -0.1) is 0 Å². The summed E-state index contributed by atoms with van der Waals surface area (Å²) in [7, 11) is 1.91. The van der Waals surface area contributed by atoms with Crippen molar-refractivity contribution in [3.63, 3.8) is 0 Å². The molecule has 0 aromatic carbocycles. The van der Waals surface area contributed by atoms with E-state index >= 15 is 0 Å². The Morgan fingerprint density at radius 2 is 2.14 bits per heavy atom. The number of nitrogens with two attached hydrogens (primary N) is 1. The molecule has 6 heteroatoms. The zero-order valence-corrected chi connectivity index (χ0v) is 13.7. The van der Waals surface area contributed by atoms with E-state index in [1.54, 1.807) is 0 Å². The minimum Gasteiger partial charge on any atom is -0.271 e. The van der Waals surface area contributed by atoms with E-state index in [2.05, 4.69) is 21.6 Å². The Labute approximate surface area is 130 Å². The molecule has 0 saturated heterocycles. The molecule has 0 saturated carbocycles. The van der Waals surface area contributed by atoms with Crippen LogP contribution in [0.5, 0.6) is 0 Å². The zero-order chi connectivity index (χ0) is 15.6. The maximum Gasteiger partial charge on any atom is 0.0850 e. The number of halogens is 1. The molecule has 1 unspecified atom stereocenters. The van der Waals surface area contributed by atoms with E-state index in [-0.39, 0.29) is 6.04 Å². The molecule has 0 aliphatic heterocycles. The highest BCUT2D eigenvalue weighted by Crippen LogP contribution is 2.26. The lowest BCUT2D eigenvalue weighted by Gasteiger charge is -2.18. The van der Waals surface area contributed by atoms with Crippen molar-refractivity contribution in [2.24, 2.45) is 12.9 Å². The van der Waals surface area contributed by atoms with Gasteiger partial charge in [-0.25, -0.2) is 0 Å². The number of aromatic nitrogens is 3. The molecule has 114 valence electrons. The third-order valence-electron chi connectivity index (χ3n) is 3.69. The predicted molar refractivity (Wildman–Crippen MR) is 85.1 cm³/mol. The van der Waals surface area contributed by atoms with Crippen molar-refractivity contribution >= 4 is 11.6 Å². The molecule has 0 radical (unpaired) electrons. The SMILES string of the molecule is CCc1nn(C)c(CC(NN)c2ncc(C)cc2C)c1Cl. The van der Waals surface area contributed by atoms with E-state index < -0.39 is 0 Å². The highest BCUT2D eigenvalue weighted by molar-refractivity contribution is 6.31. The number of hydrogen-bond acceptors (Lipinski definition) is 4. The third kappa shape index (κ3) is 3.26. The van der Waals surface area contributed by atoms with Crippen molar-refractivity contribution in [3.05, 3.63) is 45.5 Å². The minimum atomic E-state index is -0.0943. The lowest BCUT2D eigenvalue weighted by molar-refractivity contribution is 0.515. The molecular formula is C15H22ClN5. The summed E-state index contributed by atoms with van der Waals surface area (Å²) in [6.45, 7) is 6.12. The highest BCUT2D eigenvalue weighted by atomic mass is 35.5. The molecule has 2 aromatic rings. The fraction of sp³-hybridized carbons (Fsp3) is 0.467. The van der Waals surface area contributed by atoms with Gasteiger partial charge >= 0.3 is 0 Å². The van der Waals surface area contributed by atoms with Crippen LogP contribution in [0.2, 0.25) is 5.02 Å². The molecule has 0 aliphatic rings. The summed E-state index contributed by atoms with van der Waals surface area (Å²) < 4.78 is 1.83. The van der Waals surface area contributed by atoms with Gasteiger partial charge in [-0.2, -0.15) is 5.10 Å². The molecule has 0 fully saturated rings. The second kappa shape index (κ2) is 6.56. The van der Waals surface area contributed by atoms with Crippen LogP contribution in [0.4, 0.5) is 0 Å². The smallest absolute Gasteiger partial charge is 0.0850 e. The fourth-order valence-electron chi connectivity index (χ4n) is 2.56. The number of hydrogen-bond donors (Lipinski definition) is 2. The van der Waals surface area contributed by atoms with Crippen molar-refractivity contribution in [3.8, 4) is 0 Å². The summed E-state index contributed by atoms with van der Waals surface area (Å²) in [5, 5.41) is 5.17. The summed E-state index contributed by atoms with van der Waals surface area (Å²) >= 11 is 6.41. The van der Waals surface area contributed by atoms with Crippen LogP contribution in [-0.4, -0.2) is 14.8 Å². The van der Waals surface area contributed by atoms with Gasteiger partial charge < -0.3 is 0 Å². The molecule has 21 heavy (non-hydrogen) atoms. The number of hydrazine groups is 1. The van der Waals surface area contributed by atoms with E-state index in [1.807, 2.05) is 38.7 Å². The second-order valence-electron chi connectivity index (χ2n) is 5.32. The Kier molecular flexibility index (Phi) is 4.98. The van der Waals surface area contributed by atoms with E-state index in [9.17, 15) is 0 Å². The van der Waals surface area contributed by atoms with Gasteiger partial charge in [-0.1, -0.05) is 24.6 Å². The Morgan fingerprint density at radius 1 is 1.43 bits per heavy atom. The molecule has 0 bridgehead atoms. The Morgan fingerprint density at radius 3 is 2.67 bits per heavy atom. The highest BCUT2D eigenvalue weighted by Gasteiger charge is 2.20. The molecule has 0 spiro atoms. The molecule has 1 atom stereocenters. The van der Waals surface area contributed by atoms with Crippen molar-refractivity contribution in [2.75, 3.05) is 0 Å². The van der Waals surface area contributed by atoms with Crippen LogP contribution in [0, 0.1) is 13.8 Å². The first kappa shape index (κ1) is 15.9. The van der Waals surface area contributed by atoms with Gasteiger partial charge in [0, 0.05) is 19.7 Å². The number of nitrogens with zero attached hydrogens (tertiary/aromatic N) is 3. The molecule has 3 N–H and O–H groups in total. The maximum atomic E-state index is 6.41. The zero-order valence-electron chi connectivity index (χ0n) is 12.9. The van der Waals surface area contributed by atoms with E-state index in [0.717, 1.165) is 39.7 Å². The monoisotopic (exact) mass is 307 g/mol. The molecule has 2 heterocycles. The molecule has 2 rings (SSSR count). The van der Waals surface area contributed by atoms with E-state index in [1.165, 1.54) is 0 Å². The summed E-state index contributed by atoms with van der Waals surface area (Å²) in [4.78, 5) is 4.52. The van der Waals surface area contributed by atoms with Gasteiger partial charge in [0.05, 0.1) is 28.1 Å². The summed E-state index contributed by atoms with van der Waals surface area (Å²) in [6, 6.07) is 2.01. The predicted octanol–water partition coefficient (Wildman–Crippen LogP) is 2.39. The lowest BCUT2D eigenvalue weighted by atomic mass is 10.0. The average Bonchev–Trinajstić information content (AvgIpc) is 2.72. The molecule has 5 nitrogen and oxygen atoms in total. The molecule has 2 aromatic heterocycles. The van der Waals surface area contributed by atoms with Gasteiger partial charge in [0.1, 0.15) is 0 Å². The van der Waals surface area contributed by atoms with E-state index in [0.29, 0.717) is 6.42 Å². The summed E-state index contributed by atoms with van der Waals surface area (Å²) in [6.07, 6.45) is 3.32. The first-order valence-electron chi connectivity index (χ1n) is 7.07. The fourth-order valence-corrected chi connectivity index (χ4v) is 2.93.